The largest absolute Gasteiger partial charge is 0.311 e. The fourth-order valence-corrected chi connectivity index (χ4v) is 4.53. The van der Waals surface area contributed by atoms with E-state index in [0.717, 1.165) is 42.6 Å². The van der Waals surface area contributed by atoms with Gasteiger partial charge in [-0.3, -0.25) is 9.69 Å². The zero-order valence-electron chi connectivity index (χ0n) is 17.7. The molecule has 0 radical (unpaired) electrons. The zero-order chi connectivity index (χ0) is 21.8. The maximum absolute atomic E-state index is 13.6. The van der Waals surface area contributed by atoms with Crippen molar-refractivity contribution in [2.24, 2.45) is 5.92 Å². The van der Waals surface area contributed by atoms with Crippen molar-refractivity contribution >= 4 is 17.5 Å². The number of halogens is 1. The maximum atomic E-state index is 13.6. The number of nitrogens with zero attached hydrogens (tertiary/aromatic N) is 3. The molecule has 1 atom stereocenters. The number of hydrogen-bond donors (Lipinski definition) is 0. The number of carbonyl (C=O) groups is 1. The molecular weight excluding hydrogens is 406 g/mol. The number of benzene rings is 2. The Hall–Kier alpha value is -2.87. The van der Waals surface area contributed by atoms with Gasteiger partial charge < -0.3 is 4.90 Å². The van der Waals surface area contributed by atoms with Crippen molar-refractivity contribution in [2.45, 2.75) is 32.9 Å². The summed E-state index contributed by atoms with van der Waals surface area (Å²) in [6, 6.07) is 17.6. The Balaban J connectivity index is 1.55. The average molecular weight is 432 g/mol. The molecule has 0 aliphatic carbocycles. The van der Waals surface area contributed by atoms with Gasteiger partial charge in [0.2, 0.25) is 0 Å². The summed E-state index contributed by atoms with van der Waals surface area (Å²) in [7, 11) is 0. The highest BCUT2D eigenvalue weighted by atomic mass is 35.5. The minimum Gasteiger partial charge on any atom is -0.311 e. The summed E-state index contributed by atoms with van der Waals surface area (Å²) >= 11 is 6.01. The molecule has 1 unspecified atom stereocenters. The first-order valence-corrected chi connectivity index (χ1v) is 11.1. The van der Waals surface area contributed by atoms with E-state index in [0.29, 0.717) is 29.6 Å². The SMILES string of the molecule is CC1C/C=C/N(Cc2ccc(Cl)cc2)C(=O)C2=C1CCN(Cc1cccc(C#N)c1)C2. The van der Waals surface area contributed by atoms with E-state index in [4.69, 9.17) is 11.6 Å². The summed E-state index contributed by atoms with van der Waals surface area (Å²) in [5, 5.41) is 9.87. The fraction of sp³-hybridized carbons (Fsp3) is 0.308. The lowest BCUT2D eigenvalue weighted by molar-refractivity contribution is -0.125. The summed E-state index contributed by atoms with van der Waals surface area (Å²) in [6.45, 7) is 5.05. The molecule has 0 saturated heterocycles. The van der Waals surface area contributed by atoms with Crippen LogP contribution in [0.2, 0.25) is 5.02 Å². The number of carbonyl (C=O) groups excluding carboxylic acids is 1. The summed E-state index contributed by atoms with van der Waals surface area (Å²) in [6.07, 6.45) is 5.89. The quantitative estimate of drug-likeness (QED) is 0.660. The number of rotatable bonds is 4. The summed E-state index contributed by atoms with van der Waals surface area (Å²) in [5.74, 6) is 0.458. The van der Waals surface area contributed by atoms with Gasteiger partial charge in [-0.2, -0.15) is 5.26 Å². The molecule has 0 fully saturated rings. The van der Waals surface area contributed by atoms with Crippen LogP contribution in [0.1, 0.15) is 36.5 Å². The molecule has 0 aromatic heterocycles. The Bertz CT molecular complexity index is 1060. The molecule has 4 rings (SSSR count). The van der Waals surface area contributed by atoms with Crippen LogP contribution in [0.5, 0.6) is 0 Å². The van der Waals surface area contributed by atoms with Gasteiger partial charge in [-0.05, 0) is 54.2 Å². The normalized spacial score (nSPS) is 20.6. The van der Waals surface area contributed by atoms with Crippen molar-refractivity contribution in [1.82, 2.24) is 9.80 Å². The number of hydrogen-bond acceptors (Lipinski definition) is 3. The average Bonchev–Trinajstić information content (AvgIpc) is 2.78. The summed E-state index contributed by atoms with van der Waals surface area (Å²) in [5.41, 5.74) is 5.04. The van der Waals surface area contributed by atoms with Crippen LogP contribution < -0.4 is 0 Å². The van der Waals surface area contributed by atoms with Crippen LogP contribution in [-0.2, 0) is 17.9 Å². The van der Waals surface area contributed by atoms with Gasteiger partial charge in [-0.15, -0.1) is 0 Å². The Kier molecular flexibility index (Phi) is 6.56. The second-order valence-corrected chi connectivity index (χ2v) is 8.79. The predicted molar refractivity (Wildman–Crippen MR) is 123 cm³/mol. The summed E-state index contributed by atoms with van der Waals surface area (Å²) in [4.78, 5) is 17.7. The highest BCUT2D eigenvalue weighted by Gasteiger charge is 2.30. The zero-order valence-corrected chi connectivity index (χ0v) is 18.5. The first kappa shape index (κ1) is 21.4. The van der Waals surface area contributed by atoms with Crippen LogP contribution in [0.15, 0.2) is 72.0 Å². The molecule has 4 nitrogen and oxygen atoms in total. The van der Waals surface area contributed by atoms with Crippen molar-refractivity contribution in [3.05, 3.63) is 93.7 Å². The Morgan fingerprint density at radius 3 is 2.71 bits per heavy atom. The minimum atomic E-state index is 0.0863. The Labute approximate surface area is 189 Å². The van der Waals surface area contributed by atoms with Crippen molar-refractivity contribution < 1.29 is 4.79 Å². The van der Waals surface area contributed by atoms with E-state index in [1.807, 2.05) is 59.6 Å². The van der Waals surface area contributed by atoms with Crippen molar-refractivity contribution in [1.29, 1.82) is 5.26 Å². The molecular formula is C26H26ClN3O. The lowest BCUT2D eigenvalue weighted by Gasteiger charge is -2.35. The van der Waals surface area contributed by atoms with E-state index < -0.39 is 0 Å². The third kappa shape index (κ3) is 5.07. The van der Waals surface area contributed by atoms with Gasteiger partial charge in [0.1, 0.15) is 0 Å². The van der Waals surface area contributed by atoms with E-state index in [1.54, 1.807) is 0 Å². The van der Waals surface area contributed by atoms with E-state index >= 15 is 0 Å². The molecule has 5 heteroatoms. The van der Waals surface area contributed by atoms with Gasteiger partial charge in [-0.1, -0.05) is 54.4 Å². The molecule has 0 N–H and O–H groups in total. The molecule has 0 bridgehead atoms. The van der Waals surface area contributed by atoms with Gasteiger partial charge in [-0.25, -0.2) is 0 Å². The van der Waals surface area contributed by atoms with Crippen LogP contribution in [0.3, 0.4) is 0 Å². The third-order valence-electron chi connectivity index (χ3n) is 6.08. The van der Waals surface area contributed by atoms with Gasteiger partial charge in [0.05, 0.1) is 18.2 Å². The molecule has 1 amide bonds. The molecule has 2 aliphatic rings. The van der Waals surface area contributed by atoms with Gasteiger partial charge in [0.15, 0.2) is 0 Å². The van der Waals surface area contributed by atoms with Crippen molar-refractivity contribution in [2.75, 3.05) is 13.1 Å². The predicted octanol–water partition coefficient (Wildman–Crippen LogP) is 5.30. The Morgan fingerprint density at radius 1 is 1.13 bits per heavy atom. The van der Waals surface area contributed by atoms with Crippen molar-refractivity contribution in [3.63, 3.8) is 0 Å². The Morgan fingerprint density at radius 2 is 1.94 bits per heavy atom. The van der Waals surface area contributed by atoms with Gasteiger partial charge in [0.25, 0.3) is 5.91 Å². The first-order chi connectivity index (χ1) is 15.0. The second-order valence-electron chi connectivity index (χ2n) is 8.36. The topological polar surface area (TPSA) is 47.3 Å². The third-order valence-corrected chi connectivity index (χ3v) is 6.34. The molecule has 0 saturated carbocycles. The van der Waals surface area contributed by atoms with Crippen LogP contribution in [0, 0.1) is 17.2 Å². The van der Waals surface area contributed by atoms with Crippen LogP contribution >= 0.6 is 11.6 Å². The number of nitriles is 1. The number of allylic oxidation sites excluding steroid dienone is 1. The van der Waals surface area contributed by atoms with Crippen LogP contribution in [0.25, 0.3) is 0 Å². The minimum absolute atomic E-state index is 0.0863. The van der Waals surface area contributed by atoms with E-state index in [2.05, 4.69) is 24.0 Å². The van der Waals surface area contributed by atoms with E-state index in [9.17, 15) is 10.1 Å². The highest BCUT2D eigenvalue weighted by Crippen LogP contribution is 2.31. The molecule has 2 aromatic rings. The van der Waals surface area contributed by atoms with Gasteiger partial charge >= 0.3 is 0 Å². The standard InChI is InChI=1S/C26H26ClN3O/c1-19-4-3-12-30(17-20-7-9-23(27)10-8-20)26(31)25-18-29(13-11-24(19)25)16-22-6-2-5-21(14-22)15-28/h2-3,5-10,12,14,19H,4,11,13,16-18H2,1H3/b12-3+. The van der Waals surface area contributed by atoms with Crippen LogP contribution in [-0.4, -0.2) is 28.8 Å². The second kappa shape index (κ2) is 9.51. The lowest BCUT2D eigenvalue weighted by Crippen LogP contribution is -2.39. The molecule has 0 spiro atoms. The van der Waals surface area contributed by atoms with Gasteiger partial charge in [0, 0.05) is 36.4 Å². The van der Waals surface area contributed by atoms with E-state index in [-0.39, 0.29) is 5.91 Å². The highest BCUT2D eigenvalue weighted by molar-refractivity contribution is 6.30. The van der Waals surface area contributed by atoms with Crippen LogP contribution in [0.4, 0.5) is 0 Å². The molecule has 158 valence electrons. The monoisotopic (exact) mass is 431 g/mol. The molecule has 2 heterocycles. The maximum Gasteiger partial charge on any atom is 0.255 e. The fourth-order valence-electron chi connectivity index (χ4n) is 4.40. The molecule has 2 aromatic carbocycles. The summed E-state index contributed by atoms with van der Waals surface area (Å²) < 4.78 is 0. The van der Waals surface area contributed by atoms with E-state index in [1.165, 1.54) is 5.57 Å². The first-order valence-electron chi connectivity index (χ1n) is 10.7. The number of amides is 1. The molecule has 2 aliphatic heterocycles. The lowest BCUT2D eigenvalue weighted by atomic mass is 9.86. The van der Waals surface area contributed by atoms with Crippen molar-refractivity contribution in [3.8, 4) is 6.07 Å². The molecule has 31 heavy (non-hydrogen) atoms. The smallest absolute Gasteiger partial charge is 0.255 e.